The quantitative estimate of drug-likeness (QED) is 0.770. The van der Waals surface area contributed by atoms with Crippen LogP contribution in [0.1, 0.15) is 23.7 Å². The zero-order chi connectivity index (χ0) is 16.0. The van der Waals surface area contributed by atoms with Gasteiger partial charge in [0, 0.05) is 6.54 Å². The number of carbonyl (C=O) groups is 1. The lowest BCUT2D eigenvalue weighted by molar-refractivity contribution is 0.0696. The molecule has 7 heteroatoms. The van der Waals surface area contributed by atoms with Gasteiger partial charge in [-0.2, -0.15) is 4.31 Å². The van der Waals surface area contributed by atoms with Crippen molar-refractivity contribution in [3.8, 4) is 18.1 Å². The summed E-state index contributed by atoms with van der Waals surface area (Å²) in [4.78, 5) is 10.8. The van der Waals surface area contributed by atoms with Crippen molar-refractivity contribution >= 4 is 16.0 Å². The fourth-order valence-electron chi connectivity index (χ4n) is 1.79. The van der Waals surface area contributed by atoms with Gasteiger partial charge in [-0.05, 0) is 24.6 Å². The largest absolute Gasteiger partial charge is 0.495 e. The summed E-state index contributed by atoms with van der Waals surface area (Å²) in [5, 5.41) is 8.93. The molecule has 0 radical (unpaired) electrons. The molecule has 0 amide bonds. The molecular formula is C14H17NO5S. The molecule has 0 heterocycles. The van der Waals surface area contributed by atoms with Crippen LogP contribution in [0.2, 0.25) is 0 Å². The molecule has 0 fully saturated rings. The third kappa shape index (κ3) is 3.74. The topological polar surface area (TPSA) is 83.9 Å². The zero-order valence-electron chi connectivity index (χ0n) is 11.9. The first-order valence-electron chi connectivity index (χ1n) is 6.23. The Balaban J connectivity index is 3.36. The first kappa shape index (κ1) is 17.0. The summed E-state index contributed by atoms with van der Waals surface area (Å²) in [6.07, 6.45) is 5.81. The van der Waals surface area contributed by atoms with Crippen LogP contribution in [0.25, 0.3) is 0 Å². The maximum Gasteiger partial charge on any atom is 0.335 e. The molecule has 21 heavy (non-hydrogen) atoms. The van der Waals surface area contributed by atoms with Gasteiger partial charge in [-0.25, -0.2) is 13.2 Å². The minimum absolute atomic E-state index is 0.0203. The van der Waals surface area contributed by atoms with Crippen molar-refractivity contribution in [2.75, 3.05) is 20.2 Å². The number of benzene rings is 1. The fraction of sp³-hybridized carbons (Fsp3) is 0.357. The Labute approximate surface area is 124 Å². The van der Waals surface area contributed by atoms with Crippen LogP contribution in [0, 0.1) is 12.3 Å². The molecular weight excluding hydrogens is 294 g/mol. The molecule has 0 saturated heterocycles. The number of methoxy groups -OCH3 is 1. The van der Waals surface area contributed by atoms with E-state index >= 15 is 0 Å². The van der Waals surface area contributed by atoms with Crippen LogP contribution in [-0.2, 0) is 10.0 Å². The number of terminal acetylenes is 1. The van der Waals surface area contributed by atoms with Crippen molar-refractivity contribution in [2.24, 2.45) is 0 Å². The number of aromatic carboxylic acids is 1. The number of sulfonamides is 1. The smallest absolute Gasteiger partial charge is 0.335 e. The summed E-state index contributed by atoms with van der Waals surface area (Å²) < 4.78 is 31.3. The van der Waals surface area contributed by atoms with Crippen LogP contribution in [0.3, 0.4) is 0 Å². The monoisotopic (exact) mass is 311 g/mol. The first-order chi connectivity index (χ1) is 9.88. The van der Waals surface area contributed by atoms with E-state index in [1.807, 2.05) is 6.92 Å². The lowest BCUT2D eigenvalue weighted by Gasteiger charge is -2.20. The lowest BCUT2D eigenvalue weighted by atomic mass is 10.2. The van der Waals surface area contributed by atoms with Crippen molar-refractivity contribution in [2.45, 2.75) is 18.2 Å². The summed E-state index contributed by atoms with van der Waals surface area (Å²) in [6.45, 7) is 2.06. The van der Waals surface area contributed by atoms with Crippen molar-refractivity contribution in [1.29, 1.82) is 0 Å². The molecule has 1 N–H and O–H groups in total. The zero-order valence-corrected chi connectivity index (χ0v) is 12.7. The van der Waals surface area contributed by atoms with Crippen molar-refractivity contribution < 1.29 is 23.1 Å². The van der Waals surface area contributed by atoms with Crippen LogP contribution < -0.4 is 4.74 Å². The van der Waals surface area contributed by atoms with Crippen molar-refractivity contribution in [3.63, 3.8) is 0 Å². The molecule has 0 aromatic heterocycles. The summed E-state index contributed by atoms with van der Waals surface area (Å²) >= 11 is 0. The molecule has 1 aromatic carbocycles. The van der Waals surface area contributed by atoms with Gasteiger partial charge in [0.05, 0.1) is 19.2 Å². The van der Waals surface area contributed by atoms with Crippen LogP contribution in [0.5, 0.6) is 5.75 Å². The van der Waals surface area contributed by atoms with E-state index in [0.29, 0.717) is 6.42 Å². The van der Waals surface area contributed by atoms with Crippen LogP contribution in [0.4, 0.5) is 0 Å². The van der Waals surface area contributed by atoms with Crippen LogP contribution in [0.15, 0.2) is 23.1 Å². The van der Waals surface area contributed by atoms with Gasteiger partial charge in [0.2, 0.25) is 10.0 Å². The summed E-state index contributed by atoms with van der Waals surface area (Å²) in [6, 6.07) is 3.61. The minimum atomic E-state index is -3.84. The second kappa shape index (κ2) is 7.11. The number of nitrogens with zero attached hydrogens (tertiary/aromatic N) is 1. The summed E-state index contributed by atoms with van der Waals surface area (Å²) in [7, 11) is -2.55. The Kier molecular flexibility index (Phi) is 5.76. The highest BCUT2D eigenvalue weighted by Crippen LogP contribution is 2.28. The van der Waals surface area contributed by atoms with E-state index in [2.05, 4.69) is 5.92 Å². The second-order valence-electron chi connectivity index (χ2n) is 4.21. The van der Waals surface area contributed by atoms with Gasteiger partial charge in [-0.1, -0.05) is 12.8 Å². The highest BCUT2D eigenvalue weighted by molar-refractivity contribution is 7.89. The number of ether oxygens (including phenoxy) is 1. The normalized spacial score (nSPS) is 11.1. The highest BCUT2D eigenvalue weighted by atomic mass is 32.2. The maximum absolute atomic E-state index is 12.6. The van der Waals surface area contributed by atoms with Gasteiger partial charge in [0.1, 0.15) is 10.6 Å². The molecule has 0 aliphatic heterocycles. The van der Waals surface area contributed by atoms with E-state index in [4.69, 9.17) is 16.3 Å². The van der Waals surface area contributed by atoms with E-state index in [0.717, 1.165) is 4.31 Å². The Morgan fingerprint density at radius 3 is 2.62 bits per heavy atom. The van der Waals surface area contributed by atoms with Gasteiger partial charge in [-0.15, -0.1) is 6.42 Å². The number of rotatable bonds is 7. The van der Waals surface area contributed by atoms with Gasteiger partial charge < -0.3 is 9.84 Å². The van der Waals surface area contributed by atoms with E-state index in [1.54, 1.807) is 0 Å². The number of carboxylic acid groups (broad SMARTS) is 1. The van der Waals surface area contributed by atoms with Crippen molar-refractivity contribution in [1.82, 2.24) is 4.31 Å². The van der Waals surface area contributed by atoms with Crippen LogP contribution >= 0.6 is 0 Å². The maximum atomic E-state index is 12.6. The van der Waals surface area contributed by atoms with Crippen molar-refractivity contribution in [3.05, 3.63) is 23.8 Å². The van der Waals surface area contributed by atoms with Gasteiger partial charge in [0.15, 0.2) is 0 Å². The van der Waals surface area contributed by atoms with Gasteiger partial charge >= 0.3 is 5.97 Å². The lowest BCUT2D eigenvalue weighted by Crippen LogP contribution is -2.32. The molecule has 0 spiro atoms. The standard InChI is InChI=1S/C14H17NO5S/c1-4-8-15(9-5-2)21(18,19)13-7-6-11(14(16)17)10-12(13)20-3/h1,6-7,10H,5,8-9H2,2-3H3,(H,16,17). The Bertz CT molecular complexity index is 660. The third-order valence-electron chi connectivity index (χ3n) is 2.77. The average molecular weight is 311 g/mol. The van der Waals surface area contributed by atoms with Gasteiger partial charge in [-0.3, -0.25) is 0 Å². The fourth-order valence-corrected chi connectivity index (χ4v) is 3.37. The SMILES string of the molecule is C#CCN(CCC)S(=O)(=O)c1ccc(C(=O)O)cc1OC. The predicted octanol–water partition coefficient (Wildman–Crippen LogP) is 1.43. The molecule has 0 saturated carbocycles. The summed E-state index contributed by atoms with van der Waals surface area (Å²) in [5.41, 5.74) is -0.0511. The Morgan fingerprint density at radius 1 is 1.48 bits per heavy atom. The average Bonchev–Trinajstić information content (AvgIpc) is 2.46. The molecule has 1 rings (SSSR count). The molecule has 0 atom stereocenters. The third-order valence-corrected chi connectivity index (χ3v) is 4.65. The molecule has 0 aliphatic carbocycles. The molecule has 114 valence electrons. The number of hydrogen-bond acceptors (Lipinski definition) is 4. The molecule has 6 nitrogen and oxygen atoms in total. The number of hydrogen-bond donors (Lipinski definition) is 1. The van der Waals surface area contributed by atoms with E-state index < -0.39 is 16.0 Å². The van der Waals surface area contributed by atoms with E-state index in [-0.39, 0.29) is 29.3 Å². The molecule has 0 unspecified atom stereocenters. The highest BCUT2D eigenvalue weighted by Gasteiger charge is 2.27. The molecule has 1 aromatic rings. The van der Waals surface area contributed by atoms with Gasteiger partial charge in [0.25, 0.3) is 0 Å². The van der Waals surface area contributed by atoms with E-state index in [9.17, 15) is 13.2 Å². The molecule has 0 bridgehead atoms. The van der Waals surface area contributed by atoms with Crippen LogP contribution in [-0.4, -0.2) is 44.0 Å². The second-order valence-corrected chi connectivity index (χ2v) is 6.12. The Morgan fingerprint density at radius 2 is 2.14 bits per heavy atom. The predicted molar refractivity (Wildman–Crippen MR) is 77.8 cm³/mol. The first-order valence-corrected chi connectivity index (χ1v) is 7.67. The Hall–Kier alpha value is -2.04. The number of carboxylic acids is 1. The molecule has 0 aliphatic rings. The summed E-state index contributed by atoms with van der Waals surface area (Å²) in [5.74, 6) is 1.13. The van der Waals surface area contributed by atoms with E-state index in [1.165, 1.54) is 25.3 Å². The minimum Gasteiger partial charge on any atom is -0.495 e.